The van der Waals surface area contributed by atoms with Gasteiger partial charge in [-0.2, -0.15) is 0 Å². The minimum absolute atomic E-state index is 0.0692. The number of nitrogens with one attached hydrogen (secondary N) is 2. The molecule has 0 radical (unpaired) electrons. The Morgan fingerprint density at radius 3 is 2.46 bits per heavy atom. The molecule has 0 bridgehead atoms. The minimum Gasteiger partial charge on any atom is -0.325 e. The zero-order valence-corrected chi connectivity index (χ0v) is 16.0. The van der Waals surface area contributed by atoms with Crippen molar-refractivity contribution in [1.82, 2.24) is 20.2 Å². The third-order valence-corrected chi connectivity index (χ3v) is 4.96. The van der Waals surface area contributed by atoms with Crippen LogP contribution in [-0.4, -0.2) is 31.3 Å². The number of benzene rings is 1. The van der Waals surface area contributed by atoms with E-state index in [-0.39, 0.29) is 11.2 Å². The highest BCUT2D eigenvalue weighted by Crippen LogP contribution is 2.26. The Balaban J connectivity index is 1.68. The highest BCUT2D eigenvalue weighted by Gasteiger charge is 2.19. The summed E-state index contributed by atoms with van der Waals surface area (Å²) in [6.45, 7) is 7.91. The second-order valence-corrected chi connectivity index (χ2v) is 7.53. The standard InChI is InChI=1S/C19H21N5OS/c1-11-9-12(2)16(13(3)10-11)21-18(25)14(4)26-19-22-17(23-24-19)15-5-7-20-8-6-15/h5-10,14H,1-4H3,(H,21,25)(H,22,23,24)/t14-/m1/s1. The maximum absolute atomic E-state index is 12.6. The first-order chi connectivity index (χ1) is 12.4. The van der Waals surface area contributed by atoms with Gasteiger partial charge in [0.2, 0.25) is 11.1 Å². The van der Waals surface area contributed by atoms with E-state index in [1.165, 1.54) is 17.3 Å². The molecule has 7 heteroatoms. The first-order valence-corrected chi connectivity index (χ1v) is 9.20. The second-order valence-electron chi connectivity index (χ2n) is 6.23. The lowest BCUT2D eigenvalue weighted by Crippen LogP contribution is -2.23. The number of carbonyl (C=O) groups is 1. The maximum Gasteiger partial charge on any atom is 0.237 e. The predicted molar refractivity (Wildman–Crippen MR) is 104 cm³/mol. The number of aryl methyl sites for hydroxylation is 3. The molecular formula is C19H21N5OS. The molecule has 0 saturated heterocycles. The summed E-state index contributed by atoms with van der Waals surface area (Å²) in [5.41, 5.74) is 5.09. The van der Waals surface area contributed by atoms with E-state index in [1.807, 2.05) is 39.8 Å². The zero-order chi connectivity index (χ0) is 18.7. The summed E-state index contributed by atoms with van der Waals surface area (Å²) in [4.78, 5) is 21.0. The molecule has 0 spiro atoms. The van der Waals surface area contributed by atoms with E-state index in [9.17, 15) is 4.79 Å². The largest absolute Gasteiger partial charge is 0.325 e. The molecule has 0 saturated carbocycles. The summed E-state index contributed by atoms with van der Waals surface area (Å²) in [5, 5.41) is 10.3. The number of nitrogens with zero attached hydrogens (tertiary/aromatic N) is 3. The van der Waals surface area contributed by atoms with Crippen LogP contribution in [0.3, 0.4) is 0 Å². The van der Waals surface area contributed by atoms with Crippen molar-refractivity contribution in [1.29, 1.82) is 0 Å². The highest BCUT2D eigenvalue weighted by atomic mass is 32.2. The van der Waals surface area contributed by atoms with E-state index in [0.29, 0.717) is 11.0 Å². The Morgan fingerprint density at radius 2 is 1.81 bits per heavy atom. The molecule has 0 aliphatic rings. The molecule has 6 nitrogen and oxygen atoms in total. The number of anilines is 1. The Morgan fingerprint density at radius 1 is 1.15 bits per heavy atom. The van der Waals surface area contributed by atoms with Gasteiger partial charge in [-0.3, -0.25) is 14.9 Å². The van der Waals surface area contributed by atoms with E-state index in [4.69, 9.17) is 0 Å². The van der Waals surface area contributed by atoms with Gasteiger partial charge in [0.15, 0.2) is 5.82 Å². The molecule has 0 aliphatic heterocycles. The third kappa shape index (κ3) is 4.11. The number of pyridine rings is 1. The van der Waals surface area contributed by atoms with Crippen molar-refractivity contribution in [2.75, 3.05) is 5.32 Å². The first-order valence-electron chi connectivity index (χ1n) is 8.32. The van der Waals surface area contributed by atoms with Gasteiger partial charge in [-0.05, 0) is 51.0 Å². The molecule has 2 N–H and O–H groups in total. The van der Waals surface area contributed by atoms with E-state index in [1.54, 1.807) is 12.4 Å². The normalized spacial score (nSPS) is 12.0. The SMILES string of the molecule is Cc1cc(C)c(NC(=O)[C@@H](C)Sc2n[nH]c(-c3ccncc3)n2)c(C)c1. The monoisotopic (exact) mass is 367 g/mol. The molecule has 26 heavy (non-hydrogen) atoms. The Kier molecular flexibility index (Phi) is 5.37. The molecule has 1 amide bonds. The topological polar surface area (TPSA) is 83.6 Å². The number of H-pyrrole nitrogens is 1. The van der Waals surface area contributed by atoms with Crippen LogP contribution in [0.4, 0.5) is 5.69 Å². The van der Waals surface area contributed by atoms with Crippen molar-refractivity contribution in [3.63, 3.8) is 0 Å². The molecule has 1 aromatic carbocycles. The Bertz CT molecular complexity index is 900. The molecule has 0 fully saturated rings. The number of rotatable bonds is 5. The van der Waals surface area contributed by atoms with Gasteiger partial charge in [0.25, 0.3) is 0 Å². The number of hydrogen-bond donors (Lipinski definition) is 2. The van der Waals surface area contributed by atoms with Gasteiger partial charge < -0.3 is 5.32 Å². The van der Waals surface area contributed by atoms with Crippen molar-refractivity contribution >= 4 is 23.4 Å². The summed E-state index contributed by atoms with van der Waals surface area (Å²) in [7, 11) is 0. The van der Waals surface area contributed by atoms with Crippen molar-refractivity contribution in [2.24, 2.45) is 0 Å². The fraction of sp³-hybridized carbons (Fsp3) is 0.263. The molecule has 2 heterocycles. The molecule has 0 aliphatic carbocycles. The second kappa shape index (κ2) is 7.70. The number of hydrogen-bond acceptors (Lipinski definition) is 5. The number of amides is 1. The first kappa shape index (κ1) is 18.1. The zero-order valence-electron chi connectivity index (χ0n) is 15.2. The van der Waals surface area contributed by atoms with Crippen LogP contribution in [-0.2, 0) is 4.79 Å². The van der Waals surface area contributed by atoms with Gasteiger partial charge in [-0.1, -0.05) is 29.5 Å². The minimum atomic E-state index is -0.323. The van der Waals surface area contributed by atoms with Crippen LogP contribution < -0.4 is 5.32 Å². The molecular weight excluding hydrogens is 346 g/mol. The lowest BCUT2D eigenvalue weighted by Gasteiger charge is -2.15. The van der Waals surface area contributed by atoms with Crippen LogP contribution in [0, 0.1) is 20.8 Å². The summed E-state index contributed by atoms with van der Waals surface area (Å²) < 4.78 is 0. The molecule has 0 unspecified atom stereocenters. The number of carbonyl (C=O) groups excluding carboxylic acids is 1. The van der Waals surface area contributed by atoms with Gasteiger partial charge >= 0.3 is 0 Å². The number of aromatic nitrogens is 4. The number of aromatic amines is 1. The van der Waals surface area contributed by atoms with Gasteiger partial charge in [-0.15, -0.1) is 5.10 Å². The fourth-order valence-electron chi connectivity index (χ4n) is 2.75. The van der Waals surface area contributed by atoms with Crippen LogP contribution in [0.15, 0.2) is 41.8 Å². The third-order valence-electron chi connectivity index (χ3n) is 4.00. The van der Waals surface area contributed by atoms with Crippen molar-refractivity contribution in [2.45, 2.75) is 38.1 Å². The Labute approximate surface area is 156 Å². The van der Waals surface area contributed by atoms with E-state index >= 15 is 0 Å². The van der Waals surface area contributed by atoms with Crippen LogP contribution in [0.2, 0.25) is 0 Å². The summed E-state index contributed by atoms with van der Waals surface area (Å²) in [6, 6.07) is 7.84. The van der Waals surface area contributed by atoms with Gasteiger partial charge in [-0.25, -0.2) is 4.98 Å². The van der Waals surface area contributed by atoms with Gasteiger partial charge in [0.05, 0.1) is 5.25 Å². The van der Waals surface area contributed by atoms with Gasteiger partial charge in [0.1, 0.15) is 0 Å². The van der Waals surface area contributed by atoms with Crippen molar-refractivity contribution in [3.8, 4) is 11.4 Å². The van der Waals surface area contributed by atoms with Crippen LogP contribution in [0.5, 0.6) is 0 Å². The van der Waals surface area contributed by atoms with Gasteiger partial charge in [0, 0.05) is 23.6 Å². The Hall–Kier alpha value is -2.67. The smallest absolute Gasteiger partial charge is 0.237 e. The quantitative estimate of drug-likeness (QED) is 0.668. The molecule has 1 atom stereocenters. The highest BCUT2D eigenvalue weighted by molar-refractivity contribution is 8.00. The molecule has 3 aromatic rings. The molecule has 2 aromatic heterocycles. The fourth-order valence-corrected chi connectivity index (χ4v) is 3.48. The number of thioether (sulfide) groups is 1. The van der Waals surface area contributed by atoms with Crippen LogP contribution >= 0.6 is 11.8 Å². The average molecular weight is 367 g/mol. The predicted octanol–water partition coefficient (Wildman–Crippen LogP) is 3.91. The maximum atomic E-state index is 12.6. The van der Waals surface area contributed by atoms with Crippen LogP contribution in [0.1, 0.15) is 23.6 Å². The van der Waals surface area contributed by atoms with E-state index in [0.717, 1.165) is 22.4 Å². The average Bonchev–Trinajstić information content (AvgIpc) is 3.07. The summed E-state index contributed by atoms with van der Waals surface area (Å²) in [6.07, 6.45) is 3.40. The van der Waals surface area contributed by atoms with Crippen molar-refractivity contribution in [3.05, 3.63) is 53.3 Å². The molecule has 3 rings (SSSR count). The van der Waals surface area contributed by atoms with Crippen LogP contribution in [0.25, 0.3) is 11.4 Å². The molecule has 134 valence electrons. The van der Waals surface area contributed by atoms with E-state index < -0.39 is 0 Å². The lowest BCUT2D eigenvalue weighted by molar-refractivity contribution is -0.115. The van der Waals surface area contributed by atoms with Crippen molar-refractivity contribution < 1.29 is 4.79 Å². The van der Waals surface area contributed by atoms with E-state index in [2.05, 4.69) is 37.6 Å². The lowest BCUT2D eigenvalue weighted by atomic mass is 10.1. The summed E-state index contributed by atoms with van der Waals surface area (Å²) >= 11 is 1.32. The summed E-state index contributed by atoms with van der Waals surface area (Å²) in [5.74, 6) is 0.591.